The quantitative estimate of drug-likeness (QED) is 0.765. The summed E-state index contributed by atoms with van der Waals surface area (Å²) in [7, 11) is 0. The van der Waals surface area contributed by atoms with Crippen LogP contribution in [-0.2, 0) is 16.9 Å². The van der Waals surface area contributed by atoms with Crippen molar-refractivity contribution in [1.29, 1.82) is 0 Å². The number of anilines is 1. The van der Waals surface area contributed by atoms with Crippen LogP contribution >= 0.6 is 0 Å². The van der Waals surface area contributed by atoms with E-state index in [1.165, 1.54) is 23.2 Å². The number of benzene rings is 1. The van der Waals surface area contributed by atoms with Gasteiger partial charge in [-0.1, -0.05) is 6.07 Å². The second-order valence-corrected chi connectivity index (χ2v) is 7.47. The van der Waals surface area contributed by atoms with E-state index >= 15 is 0 Å². The largest absolute Gasteiger partial charge is 0.326 e. The molecule has 0 saturated carbocycles. The van der Waals surface area contributed by atoms with E-state index in [4.69, 9.17) is 0 Å². The highest BCUT2D eigenvalue weighted by molar-refractivity contribution is 5.90. The fourth-order valence-electron chi connectivity index (χ4n) is 2.71. The van der Waals surface area contributed by atoms with Gasteiger partial charge in [0.25, 0.3) is 5.56 Å². The van der Waals surface area contributed by atoms with Crippen molar-refractivity contribution in [3.05, 3.63) is 52.5 Å². The lowest BCUT2D eigenvalue weighted by atomic mass is 10.1. The molecule has 142 valence electrons. The van der Waals surface area contributed by atoms with E-state index in [1.807, 2.05) is 20.8 Å². The second-order valence-electron chi connectivity index (χ2n) is 7.47. The van der Waals surface area contributed by atoms with Crippen LogP contribution in [0, 0.1) is 12.7 Å². The van der Waals surface area contributed by atoms with Crippen LogP contribution in [0.15, 0.2) is 35.5 Å². The topological polar surface area (TPSA) is 81.8 Å². The van der Waals surface area contributed by atoms with Crippen LogP contribution in [0.1, 0.15) is 32.8 Å². The third-order valence-corrected chi connectivity index (χ3v) is 4.23. The summed E-state index contributed by atoms with van der Waals surface area (Å²) in [5.41, 5.74) is 0.870. The lowest BCUT2D eigenvalue weighted by molar-refractivity contribution is -0.116. The monoisotopic (exact) mass is 371 g/mol. The van der Waals surface area contributed by atoms with Gasteiger partial charge in [-0.2, -0.15) is 5.10 Å². The molecule has 3 aromatic rings. The van der Waals surface area contributed by atoms with Crippen molar-refractivity contribution in [2.24, 2.45) is 0 Å². The molecule has 0 radical (unpaired) electrons. The SMILES string of the molecule is Cc1ccc(NC(=O)CCn2cnc3c(cnn3C(C)(C)C)c2=O)cc1F. The van der Waals surface area contributed by atoms with Crippen LogP contribution in [0.2, 0.25) is 0 Å². The molecule has 7 nitrogen and oxygen atoms in total. The summed E-state index contributed by atoms with van der Waals surface area (Å²) in [5.74, 6) is -0.690. The molecule has 0 saturated heterocycles. The predicted molar refractivity (Wildman–Crippen MR) is 101 cm³/mol. The van der Waals surface area contributed by atoms with Crippen molar-refractivity contribution in [2.75, 3.05) is 5.32 Å². The number of amides is 1. The summed E-state index contributed by atoms with van der Waals surface area (Å²) in [4.78, 5) is 29.1. The Kier molecular flexibility index (Phi) is 4.82. The lowest BCUT2D eigenvalue weighted by Crippen LogP contribution is -2.26. The Hall–Kier alpha value is -3.03. The summed E-state index contributed by atoms with van der Waals surface area (Å²) in [6, 6.07) is 4.51. The average Bonchev–Trinajstić information content (AvgIpc) is 3.03. The molecule has 0 spiro atoms. The minimum absolute atomic E-state index is 0.0655. The van der Waals surface area contributed by atoms with Gasteiger partial charge in [0.05, 0.1) is 18.1 Å². The summed E-state index contributed by atoms with van der Waals surface area (Å²) in [6.45, 7) is 7.75. The molecular weight excluding hydrogens is 349 g/mol. The molecule has 3 rings (SSSR count). The minimum Gasteiger partial charge on any atom is -0.326 e. The first kappa shape index (κ1) is 18.8. The molecule has 2 heterocycles. The van der Waals surface area contributed by atoms with Gasteiger partial charge in [-0.15, -0.1) is 0 Å². The van der Waals surface area contributed by atoms with E-state index in [-0.39, 0.29) is 35.8 Å². The number of halogens is 1. The fourth-order valence-corrected chi connectivity index (χ4v) is 2.71. The molecule has 0 fully saturated rings. The summed E-state index contributed by atoms with van der Waals surface area (Å²) in [5, 5.41) is 7.30. The van der Waals surface area contributed by atoms with Crippen LogP contribution < -0.4 is 10.9 Å². The summed E-state index contributed by atoms with van der Waals surface area (Å²) >= 11 is 0. The maximum Gasteiger partial charge on any atom is 0.264 e. The molecule has 8 heteroatoms. The number of carbonyl (C=O) groups is 1. The standard InChI is InChI=1S/C19H22FN5O2/c1-12-5-6-13(9-15(12)20)23-16(26)7-8-24-11-21-17-14(18(24)27)10-22-25(17)19(2,3)4/h5-6,9-11H,7-8H2,1-4H3,(H,23,26). The lowest BCUT2D eigenvalue weighted by Gasteiger charge is -2.19. The Balaban J connectivity index is 1.73. The highest BCUT2D eigenvalue weighted by Gasteiger charge is 2.19. The molecule has 0 aliphatic carbocycles. The van der Waals surface area contributed by atoms with E-state index in [0.29, 0.717) is 22.3 Å². The zero-order chi connectivity index (χ0) is 19.8. The van der Waals surface area contributed by atoms with Crippen molar-refractivity contribution in [3.63, 3.8) is 0 Å². The molecule has 1 aromatic carbocycles. The van der Waals surface area contributed by atoms with Crippen LogP contribution in [0.4, 0.5) is 10.1 Å². The molecule has 1 amide bonds. The number of rotatable bonds is 4. The van der Waals surface area contributed by atoms with E-state index in [0.717, 1.165) is 0 Å². The number of hydrogen-bond acceptors (Lipinski definition) is 4. The number of aryl methyl sites for hydroxylation is 2. The van der Waals surface area contributed by atoms with Crippen molar-refractivity contribution < 1.29 is 9.18 Å². The number of nitrogens with one attached hydrogen (secondary N) is 1. The first-order chi connectivity index (χ1) is 12.7. The molecular formula is C19H22FN5O2. The maximum atomic E-state index is 13.6. The van der Waals surface area contributed by atoms with Crippen molar-refractivity contribution >= 4 is 22.6 Å². The van der Waals surface area contributed by atoms with E-state index < -0.39 is 0 Å². The molecule has 0 atom stereocenters. The second kappa shape index (κ2) is 6.94. The maximum absolute atomic E-state index is 13.6. The molecule has 0 aliphatic rings. The summed E-state index contributed by atoms with van der Waals surface area (Å²) in [6.07, 6.45) is 2.99. The van der Waals surface area contributed by atoms with Crippen molar-refractivity contribution in [2.45, 2.75) is 46.2 Å². The number of nitrogens with zero attached hydrogens (tertiary/aromatic N) is 4. The number of hydrogen-bond donors (Lipinski definition) is 1. The highest BCUT2D eigenvalue weighted by atomic mass is 19.1. The molecule has 2 aromatic heterocycles. The van der Waals surface area contributed by atoms with Crippen molar-refractivity contribution in [1.82, 2.24) is 19.3 Å². The van der Waals surface area contributed by atoms with Gasteiger partial charge >= 0.3 is 0 Å². The third kappa shape index (κ3) is 3.89. The Morgan fingerprint density at radius 2 is 2.04 bits per heavy atom. The molecule has 0 unspecified atom stereocenters. The Bertz CT molecular complexity index is 1060. The Morgan fingerprint density at radius 1 is 1.30 bits per heavy atom. The van der Waals surface area contributed by atoms with Crippen LogP contribution in [-0.4, -0.2) is 25.2 Å². The molecule has 1 N–H and O–H groups in total. The fraction of sp³-hybridized carbons (Fsp3) is 0.368. The van der Waals surface area contributed by atoms with Gasteiger partial charge in [-0.05, 0) is 45.4 Å². The van der Waals surface area contributed by atoms with E-state index in [9.17, 15) is 14.0 Å². The van der Waals surface area contributed by atoms with E-state index in [2.05, 4.69) is 15.4 Å². The van der Waals surface area contributed by atoms with Gasteiger partial charge in [0.2, 0.25) is 5.91 Å². The predicted octanol–water partition coefficient (Wildman–Crippen LogP) is 2.82. The number of fused-ring (bicyclic) bond motifs is 1. The molecule has 0 aliphatic heterocycles. The zero-order valence-electron chi connectivity index (χ0n) is 15.8. The van der Waals surface area contributed by atoms with Crippen LogP contribution in [0.3, 0.4) is 0 Å². The van der Waals surface area contributed by atoms with Gasteiger partial charge < -0.3 is 5.32 Å². The van der Waals surface area contributed by atoms with Gasteiger partial charge in [-0.25, -0.2) is 14.1 Å². The molecule has 0 bridgehead atoms. The Labute approximate surface area is 155 Å². The van der Waals surface area contributed by atoms with Gasteiger partial charge in [-0.3, -0.25) is 14.2 Å². The van der Waals surface area contributed by atoms with Gasteiger partial charge in [0.15, 0.2) is 5.65 Å². The third-order valence-electron chi connectivity index (χ3n) is 4.23. The smallest absolute Gasteiger partial charge is 0.264 e. The minimum atomic E-state index is -0.380. The zero-order valence-corrected chi connectivity index (χ0v) is 15.8. The van der Waals surface area contributed by atoms with Crippen molar-refractivity contribution in [3.8, 4) is 0 Å². The average molecular weight is 371 g/mol. The normalized spacial score (nSPS) is 11.7. The first-order valence-corrected chi connectivity index (χ1v) is 8.66. The molecule has 27 heavy (non-hydrogen) atoms. The number of aromatic nitrogens is 4. The van der Waals surface area contributed by atoms with Crippen LogP contribution in [0.25, 0.3) is 11.0 Å². The van der Waals surface area contributed by atoms with Gasteiger partial charge in [0, 0.05) is 18.7 Å². The van der Waals surface area contributed by atoms with Gasteiger partial charge in [0.1, 0.15) is 11.2 Å². The first-order valence-electron chi connectivity index (χ1n) is 8.66. The van der Waals surface area contributed by atoms with E-state index in [1.54, 1.807) is 23.7 Å². The Morgan fingerprint density at radius 3 is 2.70 bits per heavy atom. The number of carbonyl (C=O) groups excluding carboxylic acids is 1. The summed E-state index contributed by atoms with van der Waals surface area (Å²) < 4.78 is 16.6. The van der Waals surface area contributed by atoms with Crippen LogP contribution in [0.5, 0.6) is 0 Å². The highest BCUT2D eigenvalue weighted by Crippen LogP contribution is 2.18.